The largest absolute Gasteiger partial charge is 0.497 e. The lowest BCUT2D eigenvalue weighted by molar-refractivity contribution is -0.129. The van der Waals surface area contributed by atoms with Gasteiger partial charge in [-0.1, -0.05) is 24.0 Å². The number of nitrogens with zero attached hydrogens (tertiary/aromatic N) is 1. The number of carbonyl (C=O) groups excluding carboxylic acids is 2. The predicted octanol–water partition coefficient (Wildman–Crippen LogP) is 1.50. The summed E-state index contributed by atoms with van der Waals surface area (Å²) in [5, 5.41) is 12.6. The molecule has 2 amide bonds. The molecular weight excluding hydrogens is 420 g/mol. The zero-order valence-electron chi connectivity index (χ0n) is 15.3. The van der Waals surface area contributed by atoms with Gasteiger partial charge in [0.05, 0.1) is 31.3 Å². The van der Waals surface area contributed by atoms with E-state index in [-0.39, 0.29) is 24.4 Å². The van der Waals surface area contributed by atoms with Gasteiger partial charge in [-0.2, -0.15) is 11.8 Å². The molecular formula is C18H20N2O5S3. The zero-order valence-corrected chi connectivity index (χ0v) is 17.8. The van der Waals surface area contributed by atoms with Gasteiger partial charge in [0.2, 0.25) is 5.91 Å². The van der Waals surface area contributed by atoms with E-state index in [4.69, 9.17) is 21.7 Å². The van der Waals surface area contributed by atoms with E-state index in [1.54, 1.807) is 43.1 Å². The number of nitrogens with one attached hydrogen (secondary N) is 1. The van der Waals surface area contributed by atoms with E-state index in [0.29, 0.717) is 37.8 Å². The van der Waals surface area contributed by atoms with Crippen LogP contribution in [-0.2, 0) is 9.59 Å². The van der Waals surface area contributed by atoms with Gasteiger partial charge in [-0.05, 0) is 18.2 Å². The van der Waals surface area contributed by atoms with E-state index in [1.165, 1.54) is 12.0 Å². The Bertz CT molecular complexity index is 829. The first kappa shape index (κ1) is 21.0. The SMILES string of the molecule is COc1ccc(/C=C2/SC(=S)N(CC(=O)N[C@H]3CSC[C@H]3O)C2=O)c(OC)c1. The number of thiocarbonyl (C=S) groups is 1. The monoisotopic (exact) mass is 440 g/mol. The highest BCUT2D eigenvalue weighted by molar-refractivity contribution is 8.26. The van der Waals surface area contributed by atoms with Gasteiger partial charge in [0.25, 0.3) is 5.91 Å². The molecule has 28 heavy (non-hydrogen) atoms. The molecule has 2 heterocycles. The summed E-state index contributed by atoms with van der Waals surface area (Å²) < 4.78 is 10.9. The Kier molecular flexibility index (Phi) is 6.86. The Balaban J connectivity index is 1.71. The minimum atomic E-state index is -0.567. The van der Waals surface area contributed by atoms with E-state index in [0.717, 1.165) is 11.8 Å². The minimum Gasteiger partial charge on any atom is -0.497 e. The van der Waals surface area contributed by atoms with Gasteiger partial charge < -0.3 is 19.9 Å². The molecule has 2 aliphatic heterocycles. The Labute approximate surface area is 176 Å². The average molecular weight is 441 g/mol. The van der Waals surface area contributed by atoms with Crippen LogP contribution in [0.25, 0.3) is 6.08 Å². The Hall–Kier alpha value is -1.75. The van der Waals surface area contributed by atoms with E-state index in [2.05, 4.69) is 5.32 Å². The summed E-state index contributed by atoms with van der Waals surface area (Å²) in [7, 11) is 3.10. The highest BCUT2D eigenvalue weighted by Gasteiger charge is 2.35. The van der Waals surface area contributed by atoms with Crippen LogP contribution < -0.4 is 14.8 Å². The Morgan fingerprint density at radius 1 is 1.39 bits per heavy atom. The van der Waals surface area contributed by atoms with Crippen molar-refractivity contribution >= 4 is 58.0 Å². The maximum Gasteiger partial charge on any atom is 0.266 e. The molecule has 0 bridgehead atoms. The van der Waals surface area contributed by atoms with Crippen LogP contribution in [0.4, 0.5) is 0 Å². The molecule has 3 rings (SSSR count). The van der Waals surface area contributed by atoms with Crippen molar-refractivity contribution in [2.75, 3.05) is 32.3 Å². The lowest BCUT2D eigenvalue weighted by atomic mass is 10.1. The fraction of sp³-hybridized carbons (Fsp3) is 0.389. The third-order valence-electron chi connectivity index (χ3n) is 4.30. The minimum absolute atomic E-state index is 0.171. The molecule has 1 aromatic rings. The van der Waals surface area contributed by atoms with Gasteiger partial charge in [-0.15, -0.1) is 0 Å². The number of benzene rings is 1. The van der Waals surface area contributed by atoms with Crippen molar-refractivity contribution in [2.24, 2.45) is 0 Å². The molecule has 10 heteroatoms. The molecule has 2 fully saturated rings. The van der Waals surface area contributed by atoms with Crippen molar-refractivity contribution in [3.05, 3.63) is 28.7 Å². The fourth-order valence-electron chi connectivity index (χ4n) is 2.79. The second kappa shape index (κ2) is 9.17. The van der Waals surface area contributed by atoms with Crippen molar-refractivity contribution < 1.29 is 24.2 Å². The van der Waals surface area contributed by atoms with Gasteiger partial charge in [0.15, 0.2) is 0 Å². The number of carbonyl (C=O) groups is 2. The van der Waals surface area contributed by atoms with Gasteiger partial charge in [0, 0.05) is 23.1 Å². The number of hydrogen-bond donors (Lipinski definition) is 2. The fourth-order valence-corrected chi connectivity index (χ4v) is 5.21. The Morgan fingerprint density at radius 2 is 2.18 bits per heavy atom. The molecule has 0 radical (unpaired) electrons. The number of aliphatic hydroxyl groups excluding tert-OH is 1. The van der Waals surface area contributed by atoms with Crippen molar-refractivity contribution in [1.29, 1.82) is 0 Å². The number of amides is 2. The summed E-state index contributed by atoms with van der Waals surface area (Å²) in [6.07, 6.45) is 1.12. The van der Waals surface area contributed by atoms with E-state index in [9.17, 15) is 14.7 Å². The summed E-state index contributed by atoms with van der Waals surface area (Å²) in [5.41, 5.74) is 0.708. The van der Waals surface area contributed by atoms with Gasteiger partial charge in [-0.25, -0.2) is 0 Å². The van der Waals surface area contributed by atoms with Crippen molar-refractivity contribution in [1.82, 2.24) is 10.2 Å². The smallest absolute Gasteiger partial charge is 0.266 e. The summed E-state index contributed by atoms with van der Waals surface area (Å²) in [5.74, 6) is 1.79. The van der Waals surface area contributed by atoms with Crippen LogP contribution in [-0.4, -0.2) is 70.6 Å². The lowest BCUT2D eigenvalue weighted by Gasteiger charge is -2.18. The van der Waals surface area contributed by atoms with Crippen LogP contribution >= 0.6 is 35.7 Å². The molecule has 2 saturated heterocycles. The van der Waals surface area contributed by atoms with E-state index < -0.39 is 6.10 Å². The molecule has 150 valence electrons. The summed E-state index contributed by atoms with van der Waals surface area (Å²) in [6.45, 7) is -0.171. The molecule has 1 aromatic carbocycles. The quantitative estimate of drug-likeness (QED) is 0.508. The molecule has 2 aliphatic rings. The third-order valence-corrected chi connectivity index (χ3v) is 6.85. The molecule has 0 spiro atoms. The first-order valence-corrected chi connectivity index (χ1v) is 10.8. The number of thioether (sulfide) groups is 2. The number of rotatable bonds is 6. The number of aliphatic hydroxyl groups is 1. The van der Waals surface area contributed by atoms with Crippen molar-refractivity contribution in [3.63, 3.8) is 0 Å². The van der Waals surface area contributed by atoms with E-state index in [1.807, 2.05) is 0 Å². The lowest BCUT2D eigenvalue weighted by Crippen LogP contribution is -2.47. The normalized spacial score (nSPS) is 23.4. The third kappa shape index (κ3) is 4.62. The predicted molar refractivity (Wildman–Crippen MR) is 115 cm³/mol. The van der Waals surface area contributed by atoms with Gasteiger partial charge in [-0.3, -0.25) is 14.5 Å². The molecule has 0 aliphatic carbocycles. The Morgan fingerprint density at radius 3 is 2.82 bits per heavy atom. The highest BCUT2D eigenvalue weighted by atomic mass is 32.2. The molecule has 7 nitrogen and oxygen atoms in total. The maximum atomic E-state index is 12.7. The maximum absolute atomic E-state index is 12.7. The summed E-state index contributed by atoms with van der Waals surface area (Å²) in [4.78, 5) is 26.7. The molecule has 0 aromatic heterocycles. The highest BCUT2D eigenvalue weighted by Crippen LogP contribution is 2.35. The van der Waals surface area contributed by atoms with Gasteiger partial charge >= 0.3 is 0 Å². The van der Waals surface area contributed by atoms with Crippen molar-refractivity contribution in [2.45, 2.75) is 12.1 Å². The van der Waals surface area contributed by atoms with Crippen LogP contribution in [0, 0.1) is 0 Å². The van der Waals surface area contributed by atoms with Crippen LogP contribution in [0.2, 0.25) is 0 Å². The zero-order chi connectivity index (χ0) is 20.3. The first-order valence-electron chi connectivity index (χ1n) is 8.45. The average Bonchev–Trinajstić information content (AvgIpc) is 3.19. The summed E-state index contributed by atoms with van der Waals surface area (Å²) >= 11 is 8.00. The second-order valence-electron chi connectivity index (χ2n) is 6.15. The number of hydrogen-bond acceptors (Lipinski definition) is 8. The van der Waals surface area contributed by atoms with Crippen LogP contribution in [0.15, 0.2) is 23.1 Å². The number of ether oxygens (including phenoxy) is 2. The standard InChI is InChI=1S/C18H20N2O5S3/c1-24-11-4-3-10(14(6-11)25-2)5-15-17(23)20(18(26)28-15)7-16(22)19-12-8-27-9-13(12)21/h3-6,12-13,21H,7-9H2,1-2H3,(H,19,22)/b15-5+/t12-,13+/m0/s1. The molecule has 2 N–H and O–H groups in total. The molecule has 0 saturated carbocycles. The van der Waals surface area contributed by atoms with Crippen LogP contribution in [0.5, 0.6) is 11.5 Å². The van der Waals surface area contributed by atoms with Gasteiger partial charge in [0.1, 0.15) is 22.4 Å². The summed E-state index contributed by atoms with van der Waals surface area (Å²) in [6, 6.07) is 4.99. The molecule has 0 unspecified atom stereocenters. The van der Waals surface area contributed by atoms with Crippen molar-refractivity contribution in [3.8, 4) is 11.5 Å². The van der Waals surface area contributed by atoms with Crippen LogP contribution in [0.1, 0.15) is 5.56 Å². The van der Waals surface area contributed by atoms with E-state index >= 15 is 0 Å². The molecule has 2 atom stereocenters. The topological polar surface area (TPSA) is 88.1 Å². The second-order valence-corrected chi connectivity index (χ2v) is 8.91. The first-order chi connectivity index (χ1) is 13.4. The number of methoxy groups -OCH3 is 2. The van der Waals surface area contributed by atoms with Crippen LogP contribution in [0.3, 0.4) is 0 Å².